The van der Waals surface area contributed by atoms with Crippen LogP contribution in [0.5, 0.6) is 0 Å². The molecule has 0 aromatic heterocycles. The van der Waals surface area contributed by atoms with Crippen molar-refractivity contribution in [3.05, 3.63) is 29.8 Å². The highest BCUT2D eigenvalue weighted by Gasteiger charge is 2.51. The van der Waals surface area contributed by atoms with Crippen LogP contribution in [0.25, 0.3) is 0 Å². The second-order valence-corrected chi connectivity index (χ2v) is 9.34. The molecule has 3 saturated heterocycles. The third-order valence-corrected chi connectivity index (χ3v) is 7.16. The molecule has 3 heterocycles. The third-order valence-electron chi connectivity index (χ3n) is 6.76. The summed E-state index contributed by atoms with van der Waals surface area (Å²) >= 11 is -2.38. The number of hydrogen-bond donors (Lipinski definition) is 2. The van der Waals surface area contributed by atoms with Gasteiger partial charge in [-0.2, -0.15) is 5.26 Å². The lowest BCUT2D eigenvalue weighted by atomic mass is 10.0. The minimum absolute atomic E-state index is 0.0207. The fraction of sp³-hybridized carbons (Fsp3) is 0.571. The Morgan fingerprint density at radius 1 is 1.41 bits per heavy atom. The fourth-order valence-electron chi connectivity index (χ4n) is 5.19. The van der Waals surface area contributed by atoms with Gasteiger partial charge in [-0.15, -0.1) is 0 Å². The quantitative estimate of drug-likeness (QED) is 0.549. The van der Waals surface area contributed by atoms with E-state index in [0.29, 0.717) is 38.2 Å². The van der Waals surface area contributed by atoms with Crippen LogP contribution >= 0.6 is 0 Å². The first-order valence-corrected chi connectivity index (χ1v) is 11.9. The fourth-order valence-corrected chi connectivity index (χ4v) is 5.52. The molecule has 172 valence electrons. The summed E-state index contributed by atoms with van der Waals surface area (Å²) in [7, 11) is 0. The number of hydrogen-bond acceptors (Lipinski definition) is 7. The van der Waals surface area contributed by atoms with Crippen molar-refractivity contribution >= 4 is 28.8 Å². The second kappa shape index (κ2) is 9.15. The van der Waals surface area contributed by atoms with Crippen LogP contribution in [0.4, 0.5) is 5.69 Å². The molecule has 11 heteroatoms. The zero-order valence-electron chi connectivity index (χ0n) is 17.8. The van der Waals surface area contributed by atoms with Crippen LogP contribution < -0.4 is 10.5 Å². The summed E-state index contributed by atoms with van der Waals surface area (Å²) in [6.07, 6.45) is 2.19. The van der Waals surface area contributed by atoms with Gasteiger partial charge in [0.1, 0.15) is 6.04 Å². The third kappa shape index (κ3) is 4.23. The van der Waals surface area contributed by atoms with Gasteiger partial charge in [0.25, 0.3) is 0 Å². The molecule has 2 bridgehead atoms. The molecule has 1 aromatic carbocycles. The molecule has 3 aliphatic rings. The van der Waals surface area contributed by atoms with Crippen molar-refractivity contribution in [2.24, 2.45) is 5.73 Å². The highest BCUT2D eigenvalue weighted by Crippen LogP contribution is 2.38. The van der Waals surface area contributed by atoms with E-state index in [4.69, 9.17) is 5.73 Å². The van der Waals surface area contributed by atoms with Gasteiger partial charge in [-0.05, 0) is 43.9 Å². The molecule has 4 rings (SSSR count). The van der Waals surface area contributed by atoms with E-state index in [1.54, 1.807) is 17.0 Å². The molecule has 3 N–H and O–H groups in total. The van der Waals surface area contributed by atoms with Crippen molar-refractivity contribution < 1.29 is 18.4 Å². The average molecular weight is 460 g/mol. The molecule has 0 radical (unpaired) electrons. The Labute approximate surface area is 189 Å². The monoisotopic (exact) mass is 459 g/mol. The summed E-state index contributed by atoms with van der Waals surface area (Å²) in [5.41, 5.74) is 7.57. The molecule has 3 fully saturated rings. The van der Waals surface area contributed by atoms with Gasteiger partial charge in [0, 0.05) is 42.6 Å². The molecule has 32 heavy (non-hydrogen) atoms. The molecular weight excluding hydrogens is 432 g/mol. The number of nitriles is 1. The van der Waals surface area contributed by atoms with Crippen LogP contribution in [0.3, 0.4) is 0 Å². The van der Waals surface area contributed by atoms with Gasteiger partial charge in [0.05, 0.1) is 24.2 Å². The van der Waals surface area contributed by atoms with E-state index in [2.05, 4.69) is 10.8 Å². The van der Waals surface area contributed by atoms with E-state index in [0.717, 1.165) is 12.0 Å². The largest absolute Gasteiger partial charge is 0.755 e. The maximum Gasteiger partial charge on any atom is 0.241 e. The lowest BCUT2D eigenvalue weighted by Crippen LogP contribution is -2.56. The van der Waals surface area contributed by atoms with E-state index in [1.807, 2.05) is 28.9 Å². The molecule has 0 spiro atoms. The van der Waals surface area contributed by atoms with Gasteiger partial charge in [0.15, 0.2) is 0 Å². The highest BCUT2D eigenvalue weighted by atomic mass is 32.2. The summed E-state index contributed by atoms with van der Waals surface area (Å²) in [6, 6.07) is 7.56. The van der Waals surface area contributed by atoms with E-state index in [-0.39, 0.29) is 29.9 Å². The van der Waals surface area contributed by atoms with Crippen molar-refractivity contribution in [2.45, 2.75) is 56.4 Å². The Hall–Kier alpha value is -2.52. The molecule has 6 atom stereocenters. The summed E-state index contributed by atoms with van der Waals surface area (Å²) in [4.78, 5) is 31.3. The Morgan fingerprint density at radius 2 is 2.12 bits per heavy atom. The number of benzene rings is 1. The number of amides is 2. The Morgan fingerprint density at radius 3 is 2.75 bits per heavy atom. The van der Waals surface area contributed by atoms with Gasteiger partial charge in [-0.3, -0.25) is 18.7 Å². The molecular formula is C21H27N6O4S-. The minimum atomic E-state index is -2.38. The van der Waals surface area contributed by atoms with Crippen molar-refractivity contribution in [2.75, 3.05) is 24.4 Å². The molecule has 0 saturated carbocycles. The summed E-state index contributed by atoms with van der Waals surface area (Å²) in [6.45, 7) is 3.47. The smallest absolute Gasteiger partial charge is 0.241 e. The number of carbonyl (C=O) groups is 2. The zero-order valence-corrected chi connectivity index (χ0v) is 18.7. The Balaban J connectivity index is 1.37. The van der Waals surface area contributed by atoms with Gasteiger partial charge < -0.3 is 24.8 Å². The number of fused-ring (bicyclic) bond motifs is 2. The summed E-state index contributed by atoms with van der Waals surface area (Å²) < 4.78 is 23.8. The lowest BCUT2D eigenvalue weighted by molar-refractivity contribution is -0.140. The van der Waals surface area contributed by atoms with Crippen LogP contribution in [0, 0.1) is 11.3 Å². The molecule has 3 aliphatic heterocycles. The number of likely N-dealkylation sites (tertiary alicyclic amines) is 3. The predicted octanol–water partition coefficient (Wildman–Crippen LogP) is 0.0806. The number of nitrogens with one attached hydrogen (secondary N) is 1. The predicted molar refractivity (Wildman–Crippen MR) is 116 cm³/mol. The second-order valence-electron chi connectivity index (χ2n) is 8.66. The van der Waals surface area contributed by atoms with Crippen molar-refractivity contribution in [1.29, 1.82) is 5.26 Å². The van der Waals surface area contributed by atoms with Crippen molar-refractivity contribution in [1.82, 2.24) is 14.7 Å². The number of nitrogens with zero attached hydrogens (tertiary/aromatic N) is 4. The first-order valence-electron chi connectivity index (χ1n) is 10.8. The minimum Gasteiger partial charge on any atom is -0.755 e. The highest BCUT2D eigenvalue weighted by molar-refractivity contribution is 7.80. The van der Waals surface area contributed by atoms with Crippen LogP contribution in [-0.2, 0) is 20.9 Å². The number of piperazine rings is 1. The Bertz CT molecular complexity index is 951. The number of rotatable bonds is 7. The van der Waals surface area contributed by atoms with Crippen LogP contribution in [0.15, 0.2) is 24.3 Å². The summed E-state index contributed by atoms with van der Waals surface area (Å²) in [5, 5.41) is 9.22. The maximum absolute atomic E-state index is 13.1. The number of carbonyl (C=O) groups excluding carboxylic acids is 2. The number of anilines is 1. The van der Waals surface area contributed by atoms with E-state index >= 15 is 0 Å². The van der Waals surface area contributed by atoms with E-state index < -0.39 is 23.4 Å². The van der Waals surface area contributed by atoms with Gasteiger partial charge in [-0.25, -0.2) is 0 Å². The molecule has 2 amide bonds. The maximum atomic E-state index is 13.1. The molecule has 10 nitrogen and oxygen atoms in total. The van der Waals surface area contributed by atoms with Crippen molar-refractivity contribution in [3.63, 3.8) is 0 Å². The van der Waals surface area contributed by atoms with E-state index in [9.17, 15) is 23.6 Å². The van der Waals surface area contributed by atoms with Crippen LogP contribution in [0.1, 0.15) is 37.8 Å². The molecule has 1 aromatic rings. The van der Waals surface area contributed by atoms with Crippen LogP contribution in [0.2, 0.25) is 0 Å². The normalized spacial score (nSPS) is 27.9. The SMILES string of the molecule is C[C@@H](c1ccc(NS(=O)[O-])cc1)N1C(=O)[C@@H]2C[C@H]1CN2C[C@H](N)C(=O)N1CCC[C@H]1C#N. The van der Waals surface area contributed by atoms with Gasteiger partial charge >= 0.3 is 0 Å². The van der Waals surface area contributed by atoms with Gasteiger partial charge in [0.2, 0.25) is 11.8 Å². The number of nitrogens with two attached hydrogens (primary N) is 1. The average Bonchev–Trinajstić information content (AvgIpc) is 3.47. The van der Waals surface area contributed by atoms with E-state index in [1.165, 1.54) is 0 Å². The van der Waals surface area contributed by atoms with Crippen molar-refractivity contribution in [3.8, 4) is 6.07 Å². The summed E-state index contributed by atoms with van der Waals surface area (Å²) in [5.74, 6) is -0.199. The van der Waals surface area contributed by atoms with Crippen LogP contribution in [-0.4, -0.2) is 79.1 Å². The zero-order chi connectivity index (χ0) is 23.0. The molecule has 1 unspecified atom stereocenters. The molecule has 0 aliphatic carbocycles. The first-order chi connectivity index (χ1) is 15.3. The van der Waals surface area contributed by atoms with Gasteiger partial charge in [-0.1, -0.05) is 12.1 Å². The Kier molecular flexibility index (Phi) is 6.48. The first kappa shape index (κ1) is 22.7. The standard InChI is InChI=1S/C21H28N6O4S/c1-13(14-4-6-15(7-5-14)24-32(30)31)27-17-9-19(21(27)29)25(11-17)12-18(23)20(28)26-8-2-3-16(26)10-22/h4-7,13,16-19,24H,2-3,8-9,11-12,23H2,1H3,(H,30,31)/p-1/t13-,16-,17-,18-,19-/m0/s1. The topological polar surface area (TPSA) is 146 Å². The lowest BCUT2D eigenvalue weighted by Gasteiger charge is -2.38.